The molecule has 2 fully saturated rings. The van der Waals surface area contributed by atoms with E-state index >= 15 is 0 Å². The van der Waals surface area contributed by atoms with Crippen LogP contribution in [-0.4, -0.2) is 71.2 Å². The molecule has 9 heteroatoms. The summed E-state index contributed by atoms with van der Waals surface area (Å²) in [6, 6.07) is 7.49. The monoisotopic (exact) mass is 454 g/mol. The molecule has 1 saturated heterocycles. The number of methoxy groups -OCH3 is 2. The predicted octanol–water partition coefficient (Wildman–Crippen LogP) is 2.89. The van der Waals surface area contributed by atoms with Crippen molar-refractivity contribution in [2.24, 2.45) is 0 Å². The third-order valence-electron chi connectivity index (χ3n) is 6.32. The van der Waals surface area contributed by atoms with E-state index < -0.39 is 16.1 Å². The summed E-state index contributed by atoms with van der Waals surface area (Å²) in [5.41, 5.74) is 1.32. The third-order valence-corrected chi connectivity index (χ3v) is 7.05. The van der Waals surface area contributed by atoms with Gasteiger partial charge in [-0.2, -0.15) is 0 Å². The Morgan fingerprint density at radius 1 is 1.10 bits per heavy atom. The Bertz CT molecular complexity index is 821. The molecular formula is C22H34N2O6S. The standard InChI is InChI=1S/C22H34N2O6S/c1-28-18-10-6-16(7-11-18)17-8-12-19(13-9-17)30-15-21-20(23-31(3,26)27)5-4-14-24(21)22(25)29-2/h6-7,10-11,17,19-21,23H,4-5,8-9,12-15H2,1-3H3/t17?,19?,20-,21-/m0/s1. The smallest absolute Gasteiger partial charge is 0.409 e. The number of amides is 1. The van der Waals surface area contributed by atoms with E-state index in [2.05, 4.69) is 16.9 Å². The fourth-order valence-corrected chi connectivity index (χ4v) is 5.52. The normalized spacial score (nSPS) is 27.0. The number of ether oxygens (including phenoxy) is 3. The second-order valence-corrected chi connectivity index (χ2v) is 10.2. The van der Waals surface area contributed by atoms with Crippen molar-refractivity contribution in [2.45, 2.75) is 62.6 Å². The molecule has 2 atom stereocenters. The molecule has 1 N–H and O–H groups in total. The molecule has 174 valence electrons. The Kier molecular flexibility index (Phi) is 8.18. The van der Waals surface area contributed by atoms with Gasteiger partial charge in [0.1, 0.15) is 5.75 Å². The molecule has 1 aromatic rings. The maximum atomic E-state index is 12.2. The van der Waals surface area contributed by atoms with Gasteiger partial charge >= 0.3 is 6.09 Å². The zero-order valence-corrected chi connectivity index (χ0v) is 19.4. The minimum Gasteiger partial charge on any atom is -0.497 e. The number of nitrogens with zero attached hydrogens (tertiary/aromatic N) is 1. The highest BCUT2D eigenvalue weighted by Crippen LogP contribution is 2.35. The second kappa shape index (κ2) is 10.7. The molecule has 31 heavy (non-hydrogen) atoms. The molecule has 2 aliphatic rings. The first-order valence-corrected chi connectivity index (χ1v) is 12.8. The van der Waals surface area contributed by atoms with Gasteiger partial charge in [-0.15, -0.1) is 0 Å². The van der Waals surface area contributed by atoms with E-state index in [0.29, 0.717) is 31.9 Å². The first-order valence-electron chi connectivity index (χ1n) is 10.9. The molecule has 1 amide bonds. The van der Waals surface area contributed by atoms with Crippen molar-refractivity contribution in [3.05, 3.63) is 29.8 Å². The lowest BCUT2D eigenvalue weighted by atomic mass is 9.82. The molecule has 0 aromatic heterocycles. The lowest BCUT2D eigenvalue weighted by Crippen LogP contribution is -2.59. The van der Waals surface area contributed by atoms with Crippen molar-refractivity contribution in [1.82, 2.24) is 9.62 Å². The van der Waals surface area contributed by atoms with Crippen LogP contribution < -0.4 is 9.46 Å². The van der Waals surface area contributed by atoms with Gasteiger partial charge in [-0.25, -0.2) is 17.9 Å². The molecular weight excluding hydrogens is 420 g/mol. The number of carbonyl (C=O) groups is 1. The number of hydrogen-bond donors (Lipinski definition) is 1. The van der Waals surface area contributed by atoms with Crippen LogP contribution in [0.15, 0.2) is 24.3 Å². The van der Waals surface area contributed by atoms with Gasteiger partial charge in [0.25, 0.3) is 0 Å². The zero-order chi connectivity index (χ0) is 22.4. The van der Waals surface area contributed by atoms with E-state index in [-0.39, 0.29) is 18.2 Å². The number of likely N-dealkylation sites (tertiary alicyclic amines) is 1. The molecule has 1 heterocycles. The zero-order valence-electron chi connectivity index (χ0n) is 18.6. The topological polar surface area (TPSA) is 94.2 Å². The summed E-state index contributed by atoms with van der Waals surface area (Å²) in [5.74, 6) is 1.37. The van der Waals surface area contributed by atoms with E-state index in [0.717, 1.165) is 37.7 Å². The van der Waals surface area contributed by atoms with Gasteiger partial charge < -0.3 is 19.1 Å². The lowest BCUT2D eigenvalue weighted by molar-refractivity contribution is -0.0245. The number of sulfonamides is 1. The number of nitrogens with one attached hydrogen (secondary N) is 1. The molecule has 0 bridgehead atoms. The highest BCUT2D eigenvalue weighted by Gasteiger charge is 2.37. The lowest BCUT2D eigenvalue weighted by Gasteiger charge is -2.41. The number of benzene rings is 1. The van der Waals surface area contributed by atoms with Gasteiger partial charge in [0, 0.05) is 12.6 Å². The van der Waals surface area contributed by atoms with Gasteiger partial charge in [0.15, 0.2) is 0 Å². The summed E-state index contributed by atoms with van der Waals surface area (Å²) >= 11 is 0. The number of rotatable bonds is 7. The molecule has 3 rings (SSSR count). The third kappa shape index (κ3) is 6.57. The molecule has 8 nitrogen and oxygen atoms in total. The van der Waals surface area contributed by atoms with Crippen LogP contribution in [0.4, 0.5) is 4.79 Å². The Hall–Kier alpha value is -1.84. The molecule has 0 spiro atoms. The van der Waals surface area contributed by atoms with Crippen LogP contribution in [0.25, 0.3) is 0 Å². The number of piperidine rings is 1. The maximum absolute atomic E-state index is 12.2. The molecule has 0 radical (unpaired) electrons. The minimum atomic E-state index is -3.39. The average molecular weight is 455 g/mol. The van der Waals surface area contributed by atoms with Gasteiger partial charge in [-0.1, -0.05) is 12.1 Å². The number of carbonyl (C=O) groups excluding carboxylic acids is 1. The van der Waals surface area contributed by atoms with Gasteiger partial charge in [0.2, 0.25) is 10.0 Å². The Morgan fingerprint density at radius 2 is 1.77 bits per heavy atom. The van der Waals surface area contributed by atoms with Crippen molar-refractivity contribution < 1.29 is 27.4 Å². The Labute approximate surface area is 185 Å². The van der Waals surface area contributed by atoms with Crippen molar-refractivity contribution in [1.29, 1.82) is 0 Å². The van der Waals surface area contributed by atoms with Crippen LogP contribution in [0.2, 0.25) is 0 Å². The summed E-state index contributed by atoms with van der Waals surface area (Å²) in [4.78, 5) is 13.8. The highest BCUT2D eigenvalue weighted by molar-refractivity contribution is 7.88. The van der Waals surface area contributed by atoms with E-state index in [9.17, 15) is 13.2 Å². The number of hydrogen-bond acceptors (Lipinski definition) is 6. The maximum Gasteiger partial charge on any atom is 0.409 e. The van der Waals surface area contributed by atoms with E-state index in [1.807, 2.05) is 12.1 Å². The summed E-state index contributed by atoms with van der Waals surface area (Å²) in [6.07, 6.45) is 6.12. The molecule has 1 aliphatic heterocycles. The Morgan fingerprint density at radius 3 is 2.35 bits per heavy atom. The molecule has 1 aromatic carbocycles. The van der Waals surface area contributed by atoms with Crippen LogP contribution in [0, 0.1) is 0 Å². The summed E-state index contributed by atoms with van der Waals surface area (Å²) in [5, 5.41) is 0. The van der Waals surface area contributed by atoms with Crippen molar-refractivity contribution >= 4 is 16.1 Å². The quantitative estimate of drug-likeness (QED) is 0.681. The van der Waals surface area contributed by atoms with Crippen LogP contribution in [-0.2, 0) is 19.5 Å². The van der Waals surface area contributed by atoms with Crippen molar-refractivity contribution in [3.8, 4) is 5.75 Å². The average Bonchev–Trinajstić information content (AvgIpc) is 2.77. The molecule has 1 aliphatic carbocycles. The van der Waals surface area contributed by atoms with Gasteiger partial charge in [0.05, 0.1) is 39.2 Å². The second-order valence-electron chi connectivity index (χ2n) is 8.45. The predicted molar refractivity (Wildman–Crippen MR) is 118 cm³/mol. The fraction of sp³-hybridized carbons (Fsp3) is 0.682. The van der Waals surface area contributed by atoms with Crippen LogP contribution in [0.3, 0.4) is 0 Å². The van der Waals surface area contributed by atoms with Crippen LogP contribution >= 0.6 is 0 Å². The molecule has 0 unspecified atom stereocenters. The van der Waals surface area contributed by atoms with E-state index in [1.54, 1.807) is 12.0 Å². The van der Waals surface area contributed by atoms with Crippen LogP contribution in [0.1, 0.15) is 50.0 Å². The first kappa shape index (κ1) is 23.8. The van der Waals surface area contributed by atoms with Crippen molar-refractivity contribution in [2.75, 3.05) is 33.6 Å². The minimum absolute atomic E-state index is 0.106. The highest BCUT2D eigenvalue weighted by atomic mass is 32.2. The van der Waals surface area contributed by atoms with E-state index in [1.165, 1.54) is 12.7 Å². The summed E-state index contributed by atoms with van der Waals surface area (Å²) in [6.45, 7) is 0.826. The SMILES string of the molecule is COC(=O)N1CCC[C@H](NS(C)(=O)=O)[C@@H]1COC1CCC(c2ccc(OC)cc2)CC1. The van der Waals surface area contributed by atoms with E-state index in [4.69, 9.17) is 14.2 Å². The van der Waals surface area contributed by atoms with Gasteiger partial charge in [-0.3, -0.25) is 0 Å². The molecule has 1 saturated carbocycles. The summed E-state index contributed by atoms with van der Waals surface area (Å²) in [7, 11) is -0.383. The first-order chi connectivity index (χ1) is 14.8. The fourth-order valence-electron chi connectivity index (χ4n) is 4.69. The Balaban J connectivity index is 1.57. The van der Waals surface area contributed by atoms with Crippen molar-refractivity contribution in [3.63, 3.8) is 0 Å². The largest absolute Gasteiger partial charge is 0.497 e. The summed E-state index contributed by atoms with van der Waals surface area (Å²) < 4.78 is 42.7. The van der Waals surface area contributed by atoms with Crippen LogP contribution in [0.5, 0.6) is 5.75 Å². The van der Waals surface area contributed by atoms with Gasteiger partial charge in [-0.05, 0) is 62.1 Å².